The van der Waals surface area contributed by atoms with Crippen molar-refractivity contribution in [3.8, 4) is 0 Å². The fourth-order valence-electron chi connectivity index (χ4n) is 1.23. The van der Waals surface area contributed by atoms with Crippen LogP contribution in [0.1, 0.15) is 21.9 Å². The molecule has 2 N–H and O–H groups in total. The van der Waals surface area contributed by atoms with Crippen molar-refractivity contribution >= 4 is 11.9 Å². The van der Waals surface area contributed by atoms with Crippen molar-refractivity contribution in [3.05, 3.63) is 23.2 Å². The third-order valence-corrected chi connectivity index (χ3v) is 2.23. The number of methoxy groups -OCH3 is 1. The number of rotatable bonds is 3. The van der Waals surface area contributed by atoms with Gasteiger partial charge in [0.25, 0.3) is 0 Å². The summed E-state index contributed by atoms with van der Waals surface area (Å²) in [6, 6.07) is 1.62. The van der Waals surface area contributed by atoms with Crippen LogP contribution >= 0.6 is 0 Å². The molecule has 0 spiro atoms. The molecule has 0 aliphatic rings. The van der Waals surface area contributed by atoms with E-state index in [4.69, 9.17) is 10.2 Å². The van der Waals surface area contributed by atoms with Crippen molar-refractivity contribution in [3.63, 3.8) is 0 Å². The van der Waals surface area contributed by atoms with Gasteiger partial charge in [0.15, 0.2) is 5.96 Å². The van der Waals surface area contributed by atoms with Gasteiger partial charge in [0.05, 0.1) is 7.11 Å². The Morgan fingerprint density at radius 2 is 2.24 bits per heavy atom. The fraction of sp³-hybridized carbons (Fsp3) is 0.455. The van der Waals surface area contributed by atoms with E-state index in [1.807, 2.05) is 0 Å². The summed E-state index contributed by atoms with van der Waals surface area (Å²) in [5, 5.41) is 0. The number of aryl methyl sites for hydroxylation is 1. The van der Waals surface area contributed by atoms with Gasteiger partial charge in [-0.3, -0.25) is 0 Å². The molecule has 0 aliphatic carbocycles. The molecule has 1 heterocycles. The topological polar surface area (TPSA) is 81.1 Å². The minimum absolute atomic E-state index is 0.293. The van der Waals surface area contributed by atoms with Gasteiger partial charge in [-0.15, -0.1) is 0 Å². The third-order valence-electron chi connectivity index (χ3n) is 2.23. The molecule has 0 aromatic carbocycles. The standard InChI is InChI=1S/C11H17N3O3/c1-7-9(10(15)16-4)5-8(17-7)6-13-11(12)14(2)3/h5H,6H2,1-4H3,(H2,12,13). The molecular weight excluding hydrogens is 222 g/mol. The second kappa shape index (κ2) is 5.38. The predicted octanol–water partition coefficient (Wildman–Crippen LogP) is 0.751. The lowest BCUT2D eigenvalue weighted by atomic mass is 10.2. The Labute approximate surface area is 100 Å². The van der Waals surface area contributed by atoms with Crippen molar-refractivity contribution in [1.29, 1.82) is 0 Å². The van der Waals surface area contributed by atoms with Gasteiger partial charge < -0.3 is 19.8 Å². The van der Waals surface area contributed by atoms with E-state index in [1.165, 1.54) is 7.11 Å². The number of carbonyl (C=O) groups is 1. The van der Waals surface area contributed by atoms with Gasteiger partial charge >= 0.3 is 5.97 Å². The number of esters is 1. The molecule has 6 nitrogen and oxygen atoms in total. The molecule has 0 atom stereocenters. The lowest BCUT2D eigenvalue weighted by Crippen LogP contribution is -2.30. The first kappa shape index (κ1) is 13.1. The van der Waals surface area contributed by atoms with Crippen molar-refractivity contribution < 1.29 is 13.9 Å². The maximum atomic E-state index is 11.3. The molecule has 1 aromatic rings. The van der Waals surface area contributed by atoms with E-state index in [1.54, 1.807) is 32.0 Å². The molecule has 0 saturated carbocycles. The monoisotopic (exact) mass is 239 g/mol. The molecule has 0 fully saturated rings. The lowest BCUT2D eigenvalue weighted by Gasteiger charge is -2.09. The Balaban J connectivity index is 2.81. The van der Waals surface area contributed by atoms with Crippen LogP contribution < -0.4 is 5.73 Å². The van der Waals surface area contributed by atoms with E-state index in [-0.39, 0.29) is 0 Å². The maximum absolute atomic E-state index is 11.3. The van der Waals surface area contributed by atoms with Crippen LogP contribution in [0, 0.1) is 6.92 Å². The Morgan fingerprint density at radius 1 is 1.59 bits per heavy atom. The van der Waals surface area contributed by atoms with Crippen LogP contribution in [-0.4, -0.2) is 38.0 Å². The zero-order chi connectivity index (χ0) is 13.0. The van der Waals surface area contributed by atoms with Crippen LogP contribution in [0.15, 0.2) is 15.5 Å². The average Bonchev–Trinajstić information content (AvgIpc) is 2.66. The van der Waals surface area contributed by atoms with Crippen molar-refractivity contribution in [1.82, 2.24) is 4.90 Å². The number of carbonyl (C=O) groups excluding carboxylic acids is 1. The van der Waals surface area contributed by atoms with Gasteiger partial charge in [0, 0.05) is 14.1 Å². The van der Waals surface area contributed by atoms with E-state index in [2.05, 4.69) is 9.73 Å². The molecule has 1 rings (SSSR count). The van der Waals surface area contributed by atoms with E-state index < -0.39 is 5.97 Å². The van der Waals surface area contributed by atoms with E-state index in [9.17, 15) is 4.79 Å². The van der Waals surface area contributed by atoms with Crippen LogP contribution in [0.2, 0.25) is 0 Å². The highest BCUT2D eigenvalue weighted by atomic mass is 16.5. The van der Waals surface area contributed by atoms with Crippen molar-refractivity contribution in [2.75, 3.05) is 21.2 Å². The zero-order valence-electron chi connectivity index (χ0n) is 10.5. The van der Waals surface area contributed by atoms with E-state index >= 15 is 0 Å². The Morgan fingerprint density at radius 3 is 2.76 bits per heavy atom. The number of guanidine groups is 1. The highest BCUT2D eigenvalue weighted by Crippen LogP contribution is 2.16. The van der Waals surface area contributed by atoms with Crippen LogP contribution in [-0.2, 0) is 11.3 Å². The largest absolute Gasteiger partial charge is 0.465 e. The van der Waals surface area contributed by atoms with Crippen LogP contribution in [0.4, 0.5) is 0 Å². The molecular formula is C11H17N3O3. The van der Waals surface area contributed by atoms with Gasteiger partial charge in [0.1, 0.15) is 23.6 Å². The van der Waals surface area contributed by atoms with Crippen molar-refractivity contribution in [2.24, 2.45) is 10.7 Å². The quantitative estimate of drug-likeness (QED) is 0.478. The minimum Gasteiger partial charge on any atom is -0.465 e. The van der Waals surface area contributed by atoms with Crippen molar-refractivity contribution in [2.45, 2.75) is 13.5 Å². The van der Waals surface area contributed by atoms with E-state index in [0.29, 0.717) is 29.6 Å². The van der Waals surface area contributed by atoms with Gasteiger partial charge in [0.2, 0.25) is 0 Å². The molecule has 0 radical (unpaired) electrons. The second-order valence-corrected chi connectivity index (χ2v) is 3.74. The minimum atomic E-state index is -0.415. The normalized spacial score (nSPS) is 11.4. The molecule has 0 saturated heterocycles. The lowest BCUT2D eigenvalue weighted by molar-refractivity contribution is 0.0599. The third kappa shape index (κ3) is 3.24. The molecule has 0 bridgehead atoms. The fourth-order valence-corrected chi connectivity index (χ4v) is 1.23. The molecule has 1 aromatic heterocycles. The number of nitrogens with two attached hydrogens (primary N) is 1. The summed E-state index contributed by atoms with van der Waals surface area (Å²) >= 11 is 0. The molecule has 17 heavy (non-hydrogen) atoms. The van der Waals surface area contributed by atoms with Crippen LogP contribution in [0.5, 0.6) is 0 Å². The molecule has 94 valence electrons. The highest BCUT2D eigenvalue weighted by molar-refractivity contribution is 5.90. The summed E-state index contributed by atoms with van der Waals surface area (Å²) < 4.78 is 10.0. The Hall–Kier alpha value is -1.98. The molecule has 0 unspecified atom stereocenters. The summed E-state index contributed by atoms with van der Waals surface area (Å²) in [5.74, 6) is 1.08. The first-order chi connectivity index (χ1) is 7.95. The smallest absolute Gasteiger partial charge is 0.341 e. The van der Waals surface area contributed by atoms with Gasteiger partial charge in [-0.1, -0.05) is 0 Å². The molecule has 0 aliphatic heterocycles. The second-order valence-electron chi connectivity index (χ2n) is 3.74. The number of hydrogen-bond acceptors (Lipinski definition) is 4. The number of ether oxygens (including phenoxy) is 1. The molecule has 0 amide bonds. The first-order valence-corrected chi connectivity index (χ1v) is 5.10. The predicted molar refractivity (Wildman–Crippen MR) is 63.8 cm³/mol. The summed E-state index contributed by atoms with van der Waals surface area (Å²) in [5.41, 5.74) is 6.06. The zero-order valence-corrected chi connectivity index (χ0v) is 10.5. The number of nitrogens with zero attached hydrogens (tertiary/aromatic N) is 2. The van der Waals surface area contributed by atoms with Gasteiger partial charge in [-0.2, -0.15) is 0 Å². The Kier molecular flexibility index (Phi) is 4.14. The SMILES string of the molecule is COC(=O)c1cc(CN=C(N)N(C)C)oc1C. The first-order valence-electron chi connectivity index (χ1n) is 5.10. The average molecular weight is 239 g/mol. The van der Waals surface area contributed by atoms with Crippen LogP contribution in [0.25, 0.3) is 0 Å². The highest BCUT2D eigenvalue weighted by Gasteiger charge is 2.14. The summed E-state index contributed by atoms with van der Waals surface area (Å²) in [7, 11) is 4.93. The maximum Gasteiger partial charge on any atom is 0.341 e. The summed E-state index contributed by atoms with van der Waals surface area (Å²) in [4.78, 5) is 17.1. The van der Waals surface area contributed by atoms with Gasteiger partial charge in [-0.25, -0.2) is 9.79 Å². The van der Waals surface area contributed by atoms with Gasteiger partial charge in [-0.05, 0) is 13.0 Å². The number of aliphatic imine (C=N–C) groups is 1. The summed E-state index contributed by atoms with van der Waals surface area (Å²) in [6.07, 6.45) is 0. The summed E-state index contributed by atoms with van der Waals surface area (Å²) in [6.45, 7) is 2.00. The number of furan rings is 1. The number of hydrogen-bond donors (Lipinski definition) is 1. The van der Waals surface area contributed by atoms with Crippen LogP contribution in [0.3, 0.4) is 0 Å². The molecule has 6 heteroatoms. The van der Waals surface area contributed by atoms with E-state index in [0.717, 1.165) is 0 Å². The Bertz CT molecular complexity index is 435.